The van der Waals surface area contributed by atoms with Gasteiger partial charge >= 0.3 is 0 Å². The summed E-state index contributed by atoms with van der Waals surface area (Å²) in [6.07, 6.45) is 0. The van der Waals surface area contributed by atoms with E-state index in [-0.39, 0.29) is 0 Å². The van der Waals surface area contributed by atoms with Gasteiger partial charge in [-0.15, -0.1) is 0 Å². The summed E-state index contributed by atoms with van der Waals surface area (Å²) >= 11 is 0. The minimum Gasteiger partial charge on any atom is -0.436 e. The van der Waals surface area contributed by atoms with E-state index in [0.717, 1.165) is 56.2 Å². The van der Waals surface area contributed by atoms with Crippen LogP contribution >= 0.6 is 0 Å². The summed E-state index contributed by atoms with van der Waals surface area (Å²) in [6, 6.07) is 55.6. The lowest BCUT2D eigenvalue weighted by Gasteiger charge is -2.40. The third-order valence-electron chi connectivity index (χ3n) is 9.93. The molecule has 0 aliphatic carbocycles. The van der Waals surface area contributed by atoms with Crippen LogP contribution in [0.5, 0.6) is 0 Å². The number of furan rings is 1. The van der Waals surface area contributed by atoms with Gasteiger partial charge in [-0.1, -0.05) is 121 Å². The zero-order valence-electron chi connectivity index (χ0n) is 26.2. The van der Waals surface area contributed by atoms with Gasteiger partial charge in [0.15, 0.2) is 5.82 Å². The van der Waals surface area contributed by atoms with Crippen LogP contribution in [0.3, 0.4) is 0 Å². The first-order chi connectivity index (χ1) is 24.3. The molecule has 0 unspecified atom stereocenters. The minimum atomic E-state index is 0.513. The highest BCUT2D eigenvalue weighted by molar-refractivity contribution is 6.17. The lowest BCUT2D eigenvalue weighted by molar-refractivity contribution is 0.653. The van der Waals surface area contributed by atoms with Crippen molar-refractivity contribution in [3.05, 3.63) is 158 Å². The molecule has 0 saturated heterocycles. The Morgan fingerprint density at radius 2 is 1.12 bits per heavy atom. The standard InChI is InChI=1S/C44H26N4O/c1-2-14-28(15-3-1)40-43(46-44-41(45-40)32-18-7-11-24-38(32)49-44)48-36-22-10-9-21-35(36)47-34-20-8-6-17-30(34)31-26-25-27-13-4-5-16-29(27)39(31)33-19-12-23-37(48)42(33)47/h1-26H. The fraction of sp³-hybridized carbons (Fsp3) is 0. The molecule has 0 spiro atoms. The Kier molecular flexibility index (Phi) is 5.32. The van der Waals surface area contributed by atoms with E-state index in [0.29, 0.717) is 11.5 Å². The molecule has 5 heteroatoms. The number of anilines is 6. The Balaban J connectivity index is 1.29. The molecule has 2 aromatic heterocycles. The summed E-state index contributed by atoms with van der Waals surface area (Å²) in [6.45, 7) is 0. The molecule has 228 valence electrons. The quantitative estimate of drug-likeness (QED) is 0.191. The topological polar surface area (TPSA) is 45.4 Å². The molecule has 49 heavy (non-hydrogen) atoms. The van der Waals surface area contributed by atoms with Crippen LogP contribution in [-0.2, 0) is 0 Å². The molecule has 2 aliphatic rings. The van der Waals surface area contributed by atoms with Gasteiger partial charge in [0.1, 0.15) is 16.8 Å². The molecular weight excluding hydrogens is 601 g/mol. The molecular formula is C44H26N4O. The largest absolute Gasteiger partial charge is 0.436 e. The number of nitrogens with zero attached hydrogens (tertiary/aromatic N) is 4. The average molecular weight is 627 g/mol. The predicted octanol–water partition coefficient (Wildman–Crippen LogP) is 12.1. The summed E-state index contributed by atoms with van der Waals surface area (Å²) in [5.41, 5.74) is 14.0. The number of aromatic nitrogens is 2. The Hall–Kier alpha value is -6.72. The summed E-state index contributed by atoms with van der Waals surface area (Å²) in [7, 11) is 0. The smallest absolute Gasteiger partial charge is 0.248 e. The van der Waals surface area contributed by atoms with Gasteiger partial charge in [-0.05, 0) is 58.3 Å². The van der Waals surface area contributed by atoms with Gasteiger partial charge in [-0.3, -0.25) is 4.90 Å². The molecule has 0 fully saturated rings. The van der Waals surface area contributed by atoms with Crippen LogP contribution in [0, 0.1) is 0 Å². The Morgan fingerprint density at radius 3 is 2.00 bits per heavy atom. The van der Waals surface area contributed by atoms with Gasteiger partial charge in [0.25, 0.3) is 0 Å². The van der Waals surface area contributed by atoms with Gasteiger partial charge in [0.2, 0.25) is 5.71 Å². The lowest BCUT2D eigenvalue weighted by atomic mass is 9.89. The van der Waals surface area contributed by atoms with Crippen LogP contribution in [0.25, 0.3) is 66.5 Å². The van der Waals surface area contributed by atoms with E-state index >= 15 is 0 Å². The predicted molar refractivity (Wildman–Crippen MR) is 200 cm³/mol. The molecule has 0 atom stereocenters. The SMILES string of the molecule is c1ccc(-c2nc3c(nc2N2c4ccccc4N4c5ccccc5-c5ccc6ccccc6c5-c5cccc2c54)oc2ccccc23)cc1. The van der Waals surface area contributed by atoms with Crippen LogP contribution in [0.4, 0.5) is 34.3 Å². The zero-order chi connectivity index (χ0) is 32.1. The van der Waals surface area contributed by atoms with Crippen molar-refractivity contribution in [1.29, 1.82) is 0 Å². The maximum absolute atomic E-state index is 6.38. The lowest BCUT2D eigenvalue weighted by Crippen LogP contribution is -2.25. The summed E-state index contributed by atoms with van der Waals surface area (Å²) in [4.78, 5) is 15.4. The van der Waals surface area contributed by atoms with E-state index in [9.17, 15) is 0 Å². The van der Waals surface area contributed by atoms with E-state index in [2.05, 4.69) is 143 Å². The number of para-hydroxylation sites is 5. The Bertz CT molecular complexity index is 2800. The molecule has 0 saturated carbocycles. The second kappa shape index (κ2) is 9.89. The first-order valence-corrected chi connectivity index (χ1v) is 16.5. The van der Waals surface area contributed by atoms with E-state index in [1.807, 2.05) is 24.3 Å². The second-order valence-corrected chi connectivity index (χ2v) is 12.6. The van der Waals surface area contributed by atoms with Crippen LogP contribution in [0.15, 0.2) is 162 Å². The highest BCUT2D eigenvalue weighted by atomic mass is 16.3. The summed E-state index contributed by atoms with van der Waals surface area (Å²) in [5, 5.41) is 3.39. The van der Waals surface area contributed by atoms with Gasteiger partial charge in [-0.25, -0.2) is 4.98 Å². The molecule has 0 N–H and O–H groups in total. The Morgan fingerprint density at radius 1 is 0.449 bits per heavy atom. The first kappa shape index (κ1) is 26.4. The minimum absolute atomic E-state index is 0.513. The zero-order valence-corrected chi connectivity index (χ0v) is 26.2. The van der Waals surface area contributed by atoms with Crippen molar-refractivity contribution in [2.75, 3.05) is 9.80 Å². The molecule has 0 amide bonds. The average Bonchev–Trinajstić information content (AvgIpc) is 3.47. The molecule has 0 bridgehead atoms. The fourth-order valence-electron chi connectivity index (χ4n) is 7.86. The molecule has 4 heterocycles. The molecule has 5 nitrogen and oxygen atoms in total. The number of rotatable bonds is 2. The van der Waals surface area contributed by atoms with Crippen molar-refractivity contribution in [2.24, 2.45) is 0 Å². The first-order valence-electron chi connectivity index (χ1n) is 16.5. The molecule has 2 aliphatic heterocycles. The van der Waals surface area contributed by atoms with Crippen molar-refractivity contribution in [3.8, 4) is 33.5 Å². The van der Waals surface area contributed by atoms with Crippen LogP contribution in [0.1, 0.15) is 0 Å². The molecule has 0 radical (unpaired) electrons. The van der Waals surface area contributed by atoms with E-state index in [4.69, 9.17) is 14.4 Å². The monoisotopic (exact) mass is 626 g/mol. The molecule has 7 aromatic carbocycles. The van der Waals surface area contributed by atoms with E-state index in [1.165, 1.54) is 33.0 Å². The van der Waals surface area contributed by atoms with Gasteiger partial charge in [0, 0.05) is 22.1 Å². The number of hydrogen-bond acceptors (Lipinski definition) is 5. The van der Waals surface area contributed by atoms with Crippen molar-refractivity contribution in [2.45, 2.75) is 0 Å². The Labute approximate surface area is 282 Å². The highest BCUT2D eigenvalue weighted by Crippen LogP contribution is 2.61. The highest BCUT2D eigenvalue weighted by Gasteiger charge is 2.38. The van der Waals surface area contributed by atoms with Gasteiger partial charge in [0.05, 0.1) is 28.4 Å². The third kappa shape index (κ3) is 3.64. The number of hydrogen-bond donors (Lipinski definition) is 0. The van der Waals surface area contributed by atoms with Crippen molar-refractivity contribution < 1.29 is 4.42 Å². The van der Waals surface area contributed by atoms with Crippen LogP contribution < -0.4 is 9.80 Å². The fourth-order valence-corrected chi connectivity index (χ4v) is 7.86. The third-order valence-corrected chi connectivity index (χ3v) is 9.93. The van der Waals surface area contributed by atoms with Crippen molar-refractivity contribution in [1.82, 2.24) is 9.97 Å². The summed E-state index contributed by atoms with van der Waals surface area (Å²) < 4.78 is 6.38. The second-order valence-electron chi connectivity index (χ2n) is 12.6. The van der Waals surface area contributed by atoms with Crippen molar-refractivity contribution >= 4 is 67.2 Å². The van der Waals surface area contributed by atoms with Crippen molar-refractivity contribution in [3.63, 3.8) is 0 Å². The molecule has 9 aromatic rings. The summed E-state index contributed by atoms with van der Waals surface area (Å²) in [5.74, 6) is 0.717. The number of benzene rings is 7. The molecule has 11 rings (SSSR count). The van der Waals surface area contributed by atoms with Gasteiger partial charge in [-0.2, -0.15) is 4.98 Å². The van der Waals surface area contributed by atoms with Gasteiger partial charge < -0.3 is 9.32 Å². The van der Waals surface area contributed by atoms with Crippen LogP contribution in [0.2, 0.25) is 0 Å². The van der Waals surface area contributed by atoms with E-state index < -0.39 is 0 Å². The maximum atomic E-state index is 6.38. The maximum Gasteiger partial charge on any atom is 0.248 e. The van der Waals surface area contributed by atoms with Crippen LogP contribution in [-0.4, -0.2) is 9.97 Å². The number of fused-ring (bicyclic) bond motifs is 12. The van der Waals surface area contributed by atoms with E-state index in [1.54, 1.807) is 0 Å². The normalized spacial score (nSPS) is 12.8.